The Hall–Kier alpha value is -2.65. The number of guanidine groups is 1. The van der Waals surface area contributed by atoms with Crippen molar-refractivity contribution in [2.45, 2.75) is 25.6 Å². The predicted molar refractivity (Wildman–Crippen MR) is 115 cm³/mol. The van der Waals surface area contributed by atoms with Gasteiger partial charge in [-0.15, -0.1) is 0 Å². The monoisotopic (exact) mass is 427 g/mol. The average Bonchev–Trinajstić information content (AvgIpc) is 3.50. The van der Waals surface area contributed by atoms with Crippen LogP contribution in [0.5, 0.6) is 0 Å². The molecule has 0 radical (unpaired) electrons. The molecule has 0 aromatic heterocycles. The third-order valence-electron chi connectivity index (χ3n) is 5.83. The second kappa shape index (κ2) is 7.55. The number of rotatable bonds is 4. The molecule has 0 bridgehead atoms. The number of fused-ring (bicyclic) bond motifs is 1. The van der Waals surface area contributed by atoms with Crippen molar-refractivity contribution < 1.29 is 13.2 Å². The zero-order valence-corrected chi connectivity index (χ0v) is 17.4. The number of nitrogens with zero attached hydrogens (tertiary/aromatic N) is 3. The molecule has 2 N–H and O–H groups in total. The van der Waals surface area contributed by atoms with Crippen molar-refractivity contribution in [3.05, 3.63) is 53.6 Å². The third-order valence-corrected chi connectivity index (χ3v) is 7.44. The molecule has 8 nitrogen and oxygen atoms in total. The minimum absolute atomic E-state index is 0.0328. The van der Waals surface area contributed by atoms with Crippen molar-refractivity contribution in [3.8, 4) is 0 Å². The van der Waals surface area contributed by atoms with Crippen molar-refractivity contribution in [1.82, 2.24) is 20.7 Å². The van der Waals surface area contributed by atoms with Crippen molar-refractivity contribution in [3.63, 3.8) is 0 Å². The van der Waals surface area contributed by atoms with E-state index in [9.17, 15) is 13.2 Å². The third kappa shape index (κ3) is 4.13. The molecule has 1 aliphatic carbocycles. The molecule has 2 fully saturated rings. The summed E-state index contributed by atoms with van der Waals surface area (Å²) < 4.78 is 23.2. The number of hydrazine groups is 1. The van der Waals surface area contributed by atoms with E-state index in [1.807, 2.05) is 23.2 Å². The van der Waals surface area contributed by atoms with Crippen LogP contribution in [0, 0.1) is 5.92 Å². The maximum Gasteiger partial charge on any atom is 0.229 e. The molecule has 1 aromatic carbocycles. The number of benzene rings is 1. The van der Waals surface area contributed by atoms with Crippen LogP contribution in [0.15, 0.2) is 47.5 Å². The van der Waals surface area contributed by atoms with E-state index in [1.54, 1.807) is 0 Å². The fourth-order valence-corrected chi connectivity index (χ4v) is 5.14. The zero-order chi connectivity index (χ0) is 20.7. The standard InChI is InChI=1S/C21H25N5O3S/c27-20(17-8-9-17)23-21-22-19-3-1-2-18(26(19)24-21)16-6-4-15(5-7-16)14-25-10-12-30(28,29)13-11-25/h1-7,17,19H,8-14H2,(H2,22,23,24,27). The first-order valence-corrected chi connectivity index (χ1v) is 12.1. The van der Waals surface area contributed by atoms with E-state index in [1.165, 1.54) is 0 Å². The lowest BCUT2D eigenvalue weighted by atomic mass is 10.1. The summed E-state index contributed by atoms with van der Waals surface area (Å²) in [5.74, 6) is 1.14. The molecule has 1 unspecified atom stereocenters. The Kier molecular flexibility index (Phi) is 4.86. The van der Waals surface area contributed by atoms with Gasteiger partial charge in [-0.2, -0.15) is 0 Å². The van der Waals surface area contributed by atoms with Gasteiger partial charge < -0.3 is 0 Å². The van der Waals surface area contributed by atoms with E-state index in [2.05, 4.69) is 44.9 Å². The normalized spacial score (nSPS) is 25.2. The van der Waals surface area contributed by atoms with Crippen LogP contribution in [0.3, 0.4) is 0 Å². The first kappa shape index (κ1) is 19.3. The maximum absolute atomic E-state index is 12.0. The van der Waals surface area contributed by atoms with Gasteiger partial charge in [0.1, 0.15) is 0 Å². The quantitative estimate of drug-likeness (QED) is 0.740. The SMILES string of the molecule is O=C(NC1=NC2C=CC=C(c3ccc(CN4CCS(=O)(=O)CC4)cc3)N2N1)C1CC1. The van der Waals surface area contributed by atoms with Gasteiger partial charge in [-0.3, -0.25) is 25.4 Å². The minimum atomic E-state index is -2.86. The summed E-state index contributed by atoms with van der Waals surface area (Å²) in [5.41, 5.74) is 6.40. The summed E-state index contributed by atoms with van der Waals surface area (Å²) in [6.07, 6.45) is 7.71. The number of carbonyl (C=O) groups is 1. The molecule has 1 saturated carbocycles. The molecule has 1 atom stereocenters. The van der Waals surface area contributed by atoms with Crippen molar-refractivity contribution in [1.29, 1.82) is 0 Å². The minimum Gasteiger partial charge on any atom is -0.297 e. The van der Waals surface area contributed by atoms with Crippen molar-refractivity contribution in [2.75, 3.05) is 24.6 Å². The van der Waals surface area contributed by atoms with Gasteiger partial charge in [-0.05, 0) is 36.1 Å². The summed E-state index contributed by atoms with van der Waals surface area (Å²) in [5, 5.41) is 4.83. The van der Waals surface area contributed by atoms with Crippen LogP contribution in [0.1, 0.15) is 24.0 Å². The molecule has 3 heterocycles. The van der Waals surface area contributed by atoms with E-state index in [4.69, 9.17) is 0 Å². The molecule has 158 valence electrons. The summed E-state index contributed by atoms with van der Waals surface area (Å²) >= 11 is 0. The van der Waals surface area contributed by atoms with E-state index in [-0.39, 0.29) is 29.5 Å². The van der Waals surface area contributed by atoms with Gasteiger partial charge in [0, 0.05) is 25.6 Å². The fourth-order valence-electron chi connectivity index (χ4n) is 3.86. The second-order valence-electron chi connectivity index (χ2n) is 8.20. The van der Waals surface area contributed by atoms with Gasteiger partial charge in [0.25, 0.3) is 0 Å². The van der Waals surface area contributed by atoms with E-state index < -0.39 is 9.84 Å². The predicted octanol–water partition coefficient (Wildman–Crippen LogP) is 0.856. The molecule has 9 heteroatoms. The van der Waals surface area contributed by atoms with Crippen LogP contribution >= 0.6 is 0 Å². The topological polar surface area (TPSA) is 94.1 Å². The van der Waals surface area contributed by atoms with E-state index in [0.29, 0.717) is 19.0 Å². The van der Waals surface area contributed by atoms with Crippen LogP contribution in [-0.2, 0) is 21.2 Å². The number of amides is 1. The largest absolute Gasteiger partial charge is 0.297 e. The Labute approximate surface area is 176 Å². The number of hydrogen-bond acceptors (Lipinski definition) is 7. The lowest BCUT2D eigenvalue weighted by Gasteiger charge is -2.29. The number of nitrogens with one attached hydrogen (secondary N) is 2. The highest BCUT2D eigenvalue weighted by molar-refractivity contribution is 7.91. The number of hydrogen-bond donors (Lipinski definition) is 2. The molecule has 1 aromatic rings. The van der Waals surface area contributed by atoms with Gasteiger partial charge in [-0.1, -0.05) is 30.3 Å². The second-order valence-corrected chi connectivity index (χ2v) is 10.5. The highest BCUT2D eigenvalue weighted by Crippen LogP contribution is 2.30. The fraction of sp³-hybridized carbons (Fsp3) is 0.429. The number of sulfone groups is 1. The van der Waals surface area contributed by atoms with Crippen molar-refractivity contribution in [2.24, 2.45) is 10.9 Å². The molecular formula is C21H25N5O3S. The van der Waals surface area contributed by atoms with E-state index in [0.717, 1.165) is 36.2 Å². The molecule has 1 amide bonds. The lowest BCUT2D eigenvalue weighted by molar-refractivity contribution is -0.120. The first-order chi connectivity index (χ1) is 14.5. The summed E-state index contributed by atoms with van der Waals surface area (Å²) in [6, 6.07) is 8.31. The zero-order valence-electron chi connectivity index (χ0n) is 16.6. The van der Waals surface area contributed by atoms with E-state index >= 15 is 0 Å². The molecule has 3 aliphatic heterocycles. The Morgan fingerprint density at radius 3 is 2.60 bits per heavy atom. The Morgan fingerprint density at radius 2 is 1.90 bits per heavy atom. The highest BCUT2D eigenvalue weighted by atomic mass is 32.2. The summed E-state index contributed by atoms with van der Waals surface area (Å²) in [7, 11) is -2.86. The highest BCUT2D eigenvalue weighted by Gasteiger charge is 2.34. The molecule has 5 rings (SSSR count). The average molecular weight is 428 g/mol. The molecule has 30 heavy (non-hydrogen) atoms. The molecular weight excluding hydrogens is 402 g/mol. The molecule has 4 aliphatic rings. The smallest absolute Gasteiger partial charge is 0.229 e. The number of allylic oxidation sites excluding steroid dienone is 2. The van der Waals surface area contributed by atoms with Crippen LogP contribution in [0.2, 0.25) is 0 Å². The number of carbonyl (C=O) groups excluding carboxylic acids is 1. The van der Waals surface area contributed by atoms with Gasteiger partial charge in [0.2, 0.25) is 11.9 Å². The Bertz CT molecular complexity index is 1030. The molecule has 0 spiro atoms. The van der Waals surface area contributed by atoms with Crippen LogP contribution < -0.4 is 10.7 Å². The Morgan fingerprint density at radius 1 is 1.17 bits per heavy atom. The lowest BCUT2D eigenvalue weighted by Crippen LogP contribution is -2.46. The number of aliphatic imine (C=N–C) groups is 1. The van der Waals surface area contributed by atoms with Gasteiger partial charge in [0.05, 0.1) is 17.2 Å². The summed E-state index contributed by atoms with van der Waals surface area (Å²) in [4.78, 5) is 18.8. The molecule has 1 saturated heterocycles. The van der Waals surface area contributed by atoms with Gasteiger partial charge in [-0.25, -0.2) is 13.4 Å². The van der Waals surface area contributed by atoms with Crippen molar-refractivity contribution >= 4 is 27.4 Å². The Balaban J connectivity index is 1.23. The first-order valence-electron chi connectivity index (χ1n) is 10.3. The summed E-state index contributed by atoms with van der Waals surface area (Å²) in [6.45, 7) is 1.93. The van der Waals surface area contributed by atoms with Gasteiger partial charge in [0.15, 0.2) is 16.0 Å². The van der Waals surface area contributed by atoms with Crippen LogP contribution in [0.4, 0.5) is 0 Å². The maximum atomic E-state index is 12.0. The van der Waals surface area contributed by atoms with Crippen LogP contribution in [0.25, 0.3) is 5.70 Å². The van der Waals surface area contributed by atoms with Gasteiger partial charge >= 0.3 is 0 Å². The van der Waals surface area contributed by atoms with Crippen LogP contribution in [-0.4, -0.2) is 61.0 Å².